The van der Waals surface area contributed by atoms with E-state index in [9.17, 15) is 9.18 Å². The third-order valence-electron chi connectivity index (χ3n) is 6.16. The van der Waals surface area contributed by atoms with Crippen molar-refractivity contribution < 1.29 is 13.9 Å². The standard InChI is InChI=1S/C23H27FN4O2/c1-13-20(23(29)28-16-6-8-25-11-16)22-18(7-9-26-22)21(27-13)17-5-4-15(24)10-19(17)30-12-14-2-3-14/h4-5,7,9-10,14,16,21,25-27H,2-3,6,8,11-12H2,1H3,(H,28,29)/t16-,21?/m1/s1. The van der Waals surface area contributed by atoms with Gasteiger partial charge in [0.25, 0.3) is 5.91 Å². The van der Waals surface area contributed by atoms with E-state index in [-0.39, 0.29) is 23.8 Å². The number of ether oxygens (including phenoxy) is 1. The highest BCUT2D eigenvalue weighted by Crippen LogP contribution is 2.39. The summed E-state index contributed by atoms with van der Waals surface area (Å²) in [6, 6.07) is 6.59. The number of allylic oxidation sites excluding steroid dienone is 1. The van der Waals surface area contributed by atoms with Crippen LogP contribution in [0, 0.1) is 11.7 Å². The van der Waals surface area contributed by atoms with Crippen LogP contribution in [0.15, 0.2) is 36.2 Å². The maximum atomic E-state index is 14.0. The van der Waals surface area contributed by atoms with Gasteiger partial charge >= 0.3 is 0 Å². The van der Waals surface area contributed by atoms with Crippen molar-refractivity contribution in [2.45, 2.75) is 38.3 Å². The zero-order chi connectivity index (χ0) is 20.7. The van der Waals surface area contributed by atoms with E-state index in [1.54, 1.807) is 6.07 Å². The Hall–Kier alpha value is -2.80. The van der Waals surface area contributed by atoms with Crippen LogP contribution in [0.2, 0.25) is 0 Å². The number of benzene rings is 1. The number of carbonyl (C=O) groups is 1. The van der Waals surface area contributed by atoms with Crippen molar-refractivity contribution in [2.75, 3.05) is 19.7 Å². The van der Waals surface area contributed by atoms with Crippen LogP contribution in [-0.4, -0.2) is 36.6 Å². The molecule has 3 aliphatic rings. The summed E-state index contributed by atoms with van der Waals surface area (Å²) in [5, 5.41) is 9.87. The van der Waals surface area contributed by atoms with Crippen molar-refractivity contribution in [2.24, 2.45) is 5.92 Å². The zero-order valence-corrected chi connectivity index (χ0v) is 17.1. The van der Waals surface area contributed by atoms with Gasteiger partial charge in [-0.1, -0.05) is 0 Å². The molecule has 1 saturated carbocycles. The second kappa shape index (κ2) is 7.80. The third kappa shape index (κ3) is 3.69. The molecule has 6 nitrogen and oxygen atoms in total. The molecule has 5 rings (SSSR count). The molecule has 1 aromatic carbocycles. The van der Waals surface area contributed by atoms with Gasteiger partial charge in [-0.15, -0.1) is 0 Å². The number of carbonyl (C=O) groups excluding carboxylic acids is 1. The third-order valence-corrected chi connectivity index (χ3v) is 6.16. The minimum atomic E-state index is -0.313. The Bertz CT molecular complexity index is 989. The fourth-order valence-corrected chi connectivity index (χ4v) is 4.32. The average molecular weight is 410 g/mol. The summed E-state index contributed by atoms with van der Waals surface area (Å²) >= 11 is 0. The highest BCUT2D eigenvalue weighted by Gasteiger charge is 2.33. The first-order chi connectivity index (χ1) is 14.6. The Kier molecular flexibility index (Phi) is 4.98. The van der Waals surface area contributed by atoms with Crippen LogP contribution < -0.4 is 20.7 Å². The van der Waals surface area contributed by atoms with Crippen molar-refractivity contribution in [3.8, 4) is 5.75 Å². The molecule has 0 spiro atoms. The van der Waals surface area contributed by atoms with E-state index in [1.807, 2.05) is 19.2 Å². The number of fused-ring (bicyclic) bond motifs is 1. The number of halogens is 1. The number of aromatic amines is 1. The van der Waals surface area contributed by atoms with Crippen molar-refractivity contribution in [1.82, 2.24) is 20.9 Å². The molecule has 0 bridgehead atoms. The van der Waals surface area contributed by atoms with Crippen molar-refractivity contribution in [3.63, 3.8) is 0 Å². The number of rotatable bonds is 6. The van der Waals surface area contributed by atoms with Gasteiger partial charge < -0.3 is 25.7 Å². The summed E-state index contributed by atoms with van der Waals surface area (Å²) in [7, 11) is 0. The Labute approximate surface area is 175 Å². The zero-order valence-electron chi connectivity index (χ0n) is 17.1. The Morgan fingerprint density at radius 2 is 2.10 bits per heavy atom. The number of aromatic nitrogens is 1. The van der Waals surface area contributed by atoms with Crippen LogP contribution in [0.1, 0.15) is 49.0 Å². The lowest BCUT2D eigenvalue weighted by Gasteiger charge is -2.30. The van der Waals surface area contributed by atoms with Gasteiger partial charge in [-0.05, 0) is 56.8 Å². The van der Waals surface area contributed by atoms with Gasteiger partial charge in [0, 0.05) is 41.7 Å². The molecule has 30 heavy (non-hydrogen) atoms. The summed E-state index contributed by atoms with van der Waals surface area (Å²) < 4.78 is 19.9. The van der Waals surface area contributed by atoms with Gasteiger partial charge in [0.2, 0.25) is 0 Å². The summed E-state index contributed by atoms with van der Waals surface area (Å²) in [6.07, 6.45) is 5.12. The molecule has 158 valence electrons. The van der Waals surface area contributed by atoms with Crippen LogP contribution in [-0.2, 0) is 4.79 Å². The molecule has 0 radical (unpaired) electrons. The molecule has 1 saturated heterocycles. The smallest absolute Gasteiger partial charge is 0.255 e. The van der Waals surface area contributed by atoms with Gasteiger partial charge in [-0.2, -0.15) is 0 Å². The summed E-state index contributed by atoms with van der Waals surface area (Å²) in [4.78, 5) is 16.3. The van der Waals surface area contributed by atoms with Gasteiger partial charge in [0.1, 0.15) is 11.6 Å². The highest BCUT2D eigenvalue weighted by atomic mass is 19.1. The van der Waals surface area contributed by atoms with Gasteiger partial charge in [0.05, 0.1) is 23.9 Å². The first kappa shape index (κ1) is 19.2. The molecule has 1 aliphatic carbocycles. The highest BCUT2D eigenvalue weighted by molar-refractivity contribution is 6.20. The Morgan fingerprint density at radius 1 is 1.23 bits per heavy atom. The predicted molar refractivity (Wildman–Crippen MR) is 112 cm³/mol. The molecule has 1 unspecified atom stereocenters. The quantitative estimate of drug-likeness (QED) is 0.591. The van der Waals surface area contributed by atoms with Crippen molar-refractivity contribution in [3.05, 3.63) is 58.8 Å². The minimum absolute atomic E-state index is 0.0832. The normalized spacial score (nSPS) is 23.1. The SMILES string of the molecule is CC1=C(C(=O)N[C@@H]2CCNC2)c2[nH]ccc2C(c2ccc(F)cc2OCC2CC2)N1. The van der Waals surface area contributed by atoms with E-state index < -0.39 is 0 Å². The van der Waals surface area contributed by atoms with Crippen LogP contribution in [0.5, 0.6) is 5.75 Å². The molecule has 2 fully saturated rings. The first-order valence-electron chi connectivity index (χ1n) is 10.7. The Balaban J connectivity index is 1.45. The molecule has 7 heteroatoms. The number of nitrogens with one attached hydrogen (secondary N) is 4. The van der Waals surface area contributed by atoms with E-state index in [0.29, 0.717) is 23.8 Å². The van der Waals surface area contributed by atoms with Crippen LogP contribution in [0.3, 0.4) is 0 Å². The molecule has 2 atom stereocenters. The van der Waals surface area contributed by atoms with Gasteiger partial charge in [-0.25, -0.2) is 4.39 Å². The molecular formula is C23H27FN4O2. The summed E-state index contributed by atoms with van der Waals surface area (Å²) in [6.45, 7) is 4.24. The number of amides is 1. The monoisotopic (exact) mass is 410 g/mol. The Morgan fingerprint density at radius 3 is 2.87 bits per heavy atom. The van der Waals surface area contributed by atoms with Gasteiger partial charge in [0.15, 0.2) is 0 Å². The van der Waals surface area contributed by atoms with Crippen molar-refractivity contribution in [1.29, 1.82) is 0 Å². The molecule has 4 N–H and O–H groups in total. The lowest BCUT2D eigenvalue weighted by molar-refractivity contribution is -0.116. The lowest BCUT2D eigenvalue weighted by atomic mass is 9.90. The van der Waals surface area contributed by atoms with Gasteiger partial charge in [-0.3, -0.25) is 4.79 Å². The molecule has 1 amide bonds. The topological polar surface area (TPSA) is 78.2 Å². The maximum Gasteiger partial charge on any atom is 0.255 e. The molecular weight excluding hydrogens is 383 g/mol. The molecule has 1 aromatic heterocycles. The number of H-pyrrole nitrogens is 1. The maximum absolute atomic E-state index is 14.0. The average Bonchev–Trinajstić information content (AvgIpc) is 3.18. The minimum Gasteiger partial charge on any atom is -0.493 e. The summed E-state index contributed by atoms with van der Waals surface area (Å²) in [5.41, 5.74) is 4.05. The fourth-order valence-electron chi connectivity index (χ4n) is 4.32. The van der Waals surface area contributed by atoms with Crippen LogP contribution >= 0.6 is 0 Å². The predicted octanol–water partition coefficient (Wildman–Crippen LogP) is 2.84. The number of hydrogen-bond acceptors (Lipinski definition) is 4. The van der Waals surface area contributed by atoms with Crippen LogP contribution in [0.25, 0.3) is 5.57 Å². The molecule has 2 aromatic rings. The summed E-state index contributed by atoms with van der Waals surface area (Å²) in [5.74, 6) is 0.738. The van der Waals surface area contributed by atoms with Crippen molar-refractivity contribution >= 4 is 11.5 Å². The van der Waals surface area contributed by atoms with E-state index in [2.05, 4.69) is 20.9 Å². The number of hydrogen-bond donors (Lipinski definition) is 4. The first-order valence-corrected chi connectivity index (χ1v) is 10.7. The van der Waals surface area contributed by atoms with Crippen LogP contribution in [0.4, 0.5) is 4.39 Å². The largest absolute Gasteiger partial charge is 0.493 e. The second-order valence-electron chi connectivity index (χ2n) is 8.49. The van der Waals surface area contributed by atoms with E-state index in [4.69, 9.17) is 4.74 Å². The van der Waals surface area contributed by atoms with E-state index in [0.717, 1.165) is 42.0 Å². The molecule has 2 aliphatic heterocycles. The second-order valence-corrected chi connectivity index (χ2v) is 8.49. The lowest BCUT2D eigenvalue weighted by Crippen LogP contribution is -2.39. The van der Waals surface area contributed by atoms with E-state index >= 15 is 0 Å². The van der Waals surface area contributed by atoms with E-state index in [1.165, 1.54) is 25.0 Å². The molecule has 3 heterocycles. The fraction of sp³-hybridized carbons (Fsp3) is 0.435.